The fourth-order valence-corrected chi connectivity index (χ4v) is 3.62. The summed E-state index contributed by atoms with van der Waals surface area (Å²) >= 11 is 6.87. The van der Waals surface area contributed by atoms with Crippen LogP contribution < -0.4 is 9.47 Å². The lowest BCUT2D eigenvalue weighted by Crippen LogP contribution is -2.20. The average molecular weight is 415 g/mol. The Hall–Kier alpha value is -1.11. The van der Waals surface area contributed by atoms with Crippen LogP contribution in [0.5, 0.6) is 11.5 Å². The van der Waals surface area contributed by atoms with Gasteiger partial charge in [-0.15, -0.1) is 0 Å². The van der Waals surface area contributed by atoms with Crippen molar-refractivity contribution in [1.29, 1.82) is 0 Å². The second-order valence-electron chi connectivity index (χ2n) is 4.78. The Kier molecular flexibility index (Phi) is 4.19. The van der Waals surface area contributed by atoms with E-state index in [0.717, 1.165) is 20.2 Å². The van der Waals surface area contributed by atoms with Gasteiger partial charge in [-0.25, -0.2) is 0 Å². The van der Waals surface area contributed by atoms with Crippen LogP contribution in [0.1, 0.15) is 29.9 Å². The van der Waals surface area contributed by atoms with Crippen LogP contribution in [-0.2, 0) is 0 Å². The second kappa shape index (κ2) is 5.94. The average Bonchev–Trinajstić information content (AvgIpc) is 2.46. The van der Waals surface area contributed by atoms with Crippen LogP contribution in [0.2, 0.25) is 0 Å². The number of hydrogen-bond acceptors (Lipinski definition) is 4. The van der Waals surface area contributed by atoms with E-state index in [0.29, 0.717) is 17.9 Å². The molecule has 1 aliphatic heterocycles. The van der Waals surface area contributed by atoms with E-state index < -0.39 is 6.10 Å². The van der Waals surface area contributed by atoms with E-state index in [9.17, 15) is 5.11 Å². The third-order valence-electron chi connectivity index (χ3n) is 3.43. The number of methoxy groups -OCH3 is 1. The zero-order chi connectivity index (χ0) is 15.0. The zero-order valence-electron chi connectivity index (χ0n) is 11.2. The third-order valence-corrected chi connectivity index (χ3v) is 4.50. The van der Waals surface area contributed by atoms with E-state index in [1.807, 2.05) is 18.2 Å². The third kappa shape index (κ3) is 2.93. The highest BCUT2D eigenvalue weighted by Crippen LogP contribution is 2.43. The van der Waals surface area contributed by atoms with Crippen molar-refractivity contribution in [2.75, 3.05) is 7.11 Å². The van der Waals surface area contributed by atoms with Gasteiger partial charge in [0.2, 0.25) is 0 Å². The van der Waals surface area contributed by atoms with Gasteiger partial charge in [0, 0.05) is 33.2 Å². The summed E-state index contributed by atoms with van der Waals surface area (Å²) < 4.78 is 12.9. The molecule has 0 bridgehead atoms. The molecule has 4 nitrogen and oxygen atoms in total. The summed E-state index contributed by atoms with van der Waals surface area (Å²) in [6, 6.07) is 7.36. The highest BCUT2D eigenvalue weighted by Gasteiger charge is 2.30. The molecule has 2 aromatic rings. The number of halogens is 2. The molecular formula is C15H13Br2NO3. The number of fused-ring (bicyclic) bond motifs is 1. The van der Waals surface area contributed by atoms with Gasteiger partial charge in [-0.1, -0.05) is 0 Å². The summed E-state index contributed by atoms with van der Waals surface area (Å²) in [7, 11) is 1.60. The molecule has 110 valence electrons. The molecule has 0 aliphatic carbocycles. The van der Waals surface area contributed by atoms with Gasteiger partial charge in [0.1, 0.15) is 17.6 Å². The van der Waals surface area contributed by atoms with Gasteiger partial charge in [-0.05, 0) is 50.1 Å². The predicted octanol–water partition coefficient (Wildman–Crippen LogP) is 4.17. The van der Waals surface area contributed by atoms with Crippen molar-refractivity contribution in [3.05, 3.63) is 50.7 Å². The van der Waals surface area contributed by atoms with E-state index in [1.54, 1.807) is 19.4 Å². The van der Waals surface area contributed by atoms with Crippen molar-refractivity contribution in [2.24, 2.45) is 0 Å². The lowest BCUT2D eigenvalue weighted by Gasteiger charge is -2.30. The first-order valence-electron chi connectivity index (χ1n) is 6.42. The van der Waals surface area contributed by atoms with Gasteiger partial charge >= 0.3 is 0 Å². The van der Waals surface area contributed by atoms with Crippen molar-refractivity contribution in [3.63, 3.8) is 0 Å². The van der Waals surface area contributed by atoms with E-state index >= 15 is 0 Å². The first-order chi connectivity index (χ1) is 10.1. The Labute approximate surface area is 139 Å². The Morgan fingerprint density at radius 1 is 1.33 bits per heavy atom. The molecule has 3 rings (SSSR count). The van der Waals surface area contributed by atoms with E-state index in [2.05, 4.69) is 36.8 Å². The summed E-state index contributed by atoms with van der Waals surface area (Å²) in [4.78, 5) is 4.39. The molecule has 0 saturated carbocycles. The Morgan fingerprint density at radius 3 is 2.86 bits per heavy atom. The molecule has 1 aliphatic rings. The van der Waals surface area contributed by atoms with Crippen LogP contribution in [-0.4, -0.2) is 17.2 Å². The number of nitrogens with zero attached hydrogens (tertiary/aromatic N) is 1. The number of aliphatic hydroxyl groups is 1. The fraction of sp³-hybridized carbons (Fsp3) is 0.267. The van der Waals surface area contributed by atoms with Gasteiger partial charge in [-0.2, -0.15) is 0 Å². The summed E-state index contributed by atoms with van der Waals surface area (Å²) in [5.74, 6) is 1.33. The molecule has 2 atom stereocenters. The van der Waals surface area contributed by atoms with Crippen LogP contribution in [0, 0.1) is 0 Å². The first-order valence-corrected chi connectivity index (χ1v) is 8.00. The van der Waals surface area contributed by atoms with Crippen LogP contribution in [0.3, 0.4) is 0 Å². The Morgan fingerprint density at radius 2 is 2.14 bits per heavy atom. The van der Waals surface area contributed by atoms with Crippen molar-refractivity contribution >= 4 is 31.9 Å². The molecule has 1 aromatic carbocycles. The SMILES string of the molecule is COc1ccc2c(c1)OC(c1ncc(Br)cc1Br)CC2O. The number of rotatable bonds is 2. The molecule has 6 heteroatoms. The maximum absolute atomic E-state index is 10.3. The van der Waals surface area contributed by atoms with Gasteiger partial charge < -0.3 is 14.6 Å². The van der Waals surface area contributed by atoms with Crippen molar-refractivity contribution in [2.45, 2.75) is 18.6 Å². The van der Waals surface area contributed by atoms with E-state index in [4.69, 9.17) is 9.47 Å². The lowest BCUT2D eigenvalue weighted by molar-refractivity contribution is 0.0630. The van der Waals surface area contributed by atoms with E-state index in [-0.39, 0.29) is 6.10 Å². The zero-order valence-corrected chi connectivity index (χ0v) is 14.4. The quantitative estimate of drug-likeness (QED) is 0.801. The predicted molar refractivity (Wildman–Crippen MR) is 85.6 cm³/mol. The molecule has 1 N–H and O–H groups in total. The summed E-state index contributed by atoms with van der Waals surface area (Å²) in [5.41, 5.74) is 1.55. The minimum Gasteiger partial charge on any atom is -0.497 e. The van der Waals surface area contributed by atoms with Crippen molar-refractivity contribution in [1.82, 2.24) is 4.98 Å². The number of benzene rings is 1. The molecule has 2 unspecified atom stereocenters. The maximum Gasteiger partial charge on any atom is 0.144 e. The topological polar surface area (TPSA) is 51.6 Å². The van der Waals surface area contributed by atoms with Gasteiger partial charge in [0.25, 0.3) is 0 Å². The molecular weight excluding hydrogens is 402 g/mol. The van der Waals surface area contributed by atoms with Crippen LogP contribution in [0.4, 0.5) is 0 Å². The summed E-state index contributed by atoms with van der Waals surface area (Å²) in [6.45, 7) is 0. The summed E-state index contributed by atoms with van der Waals surface area (Å²) in [6.07, 6.45) is 1.30. The minimum atomic E-state index is -0.581. The number of aromatic nitrogens is 1. The first kappa shape index (κ1) is 14.8. The maximum atomic E-state index is 10.3. The molecule has 2 heterocycles. The van der Waals surface area contributed by atoms with Crippen LogP contribution in [0.15, 0.2) is 39.4 Å². The molecule has 1 aromatic heterocycles. The molecule has 0 saturated heterocycles. The number of pyridine rings is 1. The minimum absolute atomic E-state index is 0.304. The van der Waals surface area contributed by atoms with Gasteiger partial charge in [0.05, 0.1) is 18.9 Å². The fourth-order valence-electron chi connectivity index (χ4n) is 2.38. The number of ether oxygens (including phenoxy) is 2. The standard InChI is InChI=1S/C15H13Br2NO3/c1-20-9-2-3-10-12(19)6-14(21-13(10)5-9)15-11(17)4-8(16)7-18-15/h2-5,7,12,14,19H,6H2,1H3. The Bertz CT molecular complexity index is 678. The normalized spacial score (nSPS) is 20.6. The van der Waals surface area contributed by atoms with Gasteiger partial charge in [-0.3, -0.25) is 4.98 Å². The lowest BCUT2D eigenvalue weighted by atomic mass is 9.97. The summed E-state index contributed by atoms with van der Waals surface area (Å²) in [5, 5.41) is 10.3. The number of hydrogen-bond donors (Lipinski definition) is 1. The molecule has 0 fully saturated rings. The van der Waals surface area contributed by atoms with Crippen molar-refractivity contribution < 1.29 is 14.6 Å². The van der Waals surface area contributed by atoms with Crippen LogP contribution in [0.25, 0.3) is 0 Å². The highest BCUT2D eigenvalue weighted by atomic mass is 79.9. The molecule has 0 amide bonds. The molecule has 21 heavy (non-hydrogen) atoms. The van der Waals surface area contributed by atoms with E-state index in [1.165, 1.54) is 0 Å². The second-order valence-corrected chi connectivity index (χ2v) is 6.55. The largest absolute Gasteiger partial charge is 0.497 e. The molecule has 0 spiro atoms. The van der Waals surface area contributed by atoms with Crippen molar-refractivity contribution in [3.8, 4) is 11.5 Å². The van der Waals surface area contributed by atoms with Crippen LogP contribution >= 0.6 is 31.9 Å². The molecule has 0 radical (unpaired) electrons. The highest BCUT2D eigenvalue weighted by molar-refractivity contribution is 9.11. The number of aliphatic hydroxyl groups excluding tert-OH is 1. The monoisotopic (exact) mass is 413 g/mol. The van der Waals surface area contributed by atoms with Gasteiger partial charge in [0.15, 0.2) is 0 Å². The smallest absolute Gasteiger partial charge is 0.144 e. The Balaban J connectivity index is 1.96.